The molecular weight excluding hydrogens is 411 g/mol. The van der Waals surface area contributed by atoms with Crippen LogP contribution in [0.4, 0.5) is 10.2 Å². The molecule has 0 aliphatic heterocycles. The number of anilines is 1. The van der Waals surface area contributed by atoms with Gasteiger partial charge in [0.1, 0.15) is 17.4 Å². The quantitative estimate of drug-likeness (QED) is 0.631. The molecule has 0 aliphatic carbocycles. The average molecular weight is 439 g/mol. The lowest BCUT2D eigenvalue weighted by Gasteiger charge is -2.17. The number of likely N-dealkylation sites (N-methyl/N-ethyl adjacent to an activating group) is 1. The molecule has 168 valence electrons. The van der Waals surface area contributed by atoms with Crippen molar-refractivity contribution in [2.75, 3.05) is 26.0 Å². The molecule has 7 nitrogen and oxygen atoms in total. The van der Waals surface area contributed by atoms with E-state index in [0.29, 0.717) is 11.6 Å². The number of aromatic nitrogens is 2. The smallest absolute Gasteiger partial charge is 0.254 e. The van der Waals surface area contributed by atoms with Gasteiger partial charge < -0.3 is 15.0 Å². The maximum atomic E-state index is 13.4. The number of hydrogen-bond donors (Lipinski definition) is 1. The summed E-state index contributed by atoms with van der Waals surface area (Å²) < 4.78 is 20.3. The summed E-state index contributed by atoms with van der Waals surface area (Å²) in [5.74, 6) is -0.158. The molecule has 0 atom stereocenters. The van der Waals surface area contributed by atoms with Crippen molar-refractivity contribution in [3.8, 4) is 11.4 Å². The number of amides is 2. The Hall–Kier alpha value is -3.68. The second kappa shape index (κ2) is 9.21. The molecule has 0 unspecified atom stereocenters. The van der Waals surface area contributed by atoms with E-state index in [0.717, 1.165) is 17.4 Å². The summed E-state index contributed by atoms with van der Waals surface area (Å²) >= 11 is 0. The summed E-state index contributed by atoms with van der Waals surface area (Å²) in [6, 6.07) is 14.5. The first-order valence-electron chi connectivity index (χ1n) is 10.1. The molecule has 0 radical (unpaired) electrons. The van der Waals surface area contributed by atoms with Crippen molar-refractivity contribution in [3.05, 3.63) is 71.7 Å². The van der Waals surface area contributed by atoms with E-state index in [4.69, 9.17) is 4.74 Å². The van der Waals surface area contributed by atoms with Gasteiger partial charge in [0.15, 0.2) is 0 Å². The van der Waals surface area contributed by atoms with Gasteiger partial charge in [-0.1, -0.05) is 26.8 Å². The molecule has 0 aliphatic rings. The van der Waals surface area contributed by atoms with Crippen molar-refractivity contribution in [3.63, 3.8) is 0 Å². The van der Waals surface area contributed by atoms with E-state index in [9.17, 15) is 14.0 Å². The number of carbonyl (C=O) groups excluding carboxylic acids is 2. The summed E-state index contributed by atoms with van der Waals surface area (Å²) in [5.41, 5.74) is 1.49. The monoisotopic (exact) mass is 438 g/mol. The molecule has 3 rings (SSSR count). The standard InChI is InChI=1S/C24H27FN4O3/c1-24(2,3)20-14-21(29(27-20)18-9-11-19(32-5)12-10-18)26-22(30)15-28(4)23(31)16-7-6-8-17(25)13-16/h6-14H,15H2,1-5H3,(H,26,30). The van der Waals surface area contributed by atoms with Crippen molar-refractivity contribution in [1.82, 2.24) is 14.7 Å². The van der Waals surface area contributed by atoms with Gasteiger partial charge in [-0.15, -0.1) is 0 Å². The van der Waals surface area contributed by atoms with E-state index in [1.54, 1.807) is 11.8 Å². The predicted octanol–water partition coefficient (Wildman–Crippen LogP) is 4.03. The number of methoxy groups -OCH3 is 1. The van der Waals surface area contributed by atoms with Gasteiger partial charge in [0, 0.05) is 24.1 Å². The molecule has 0 spiro atoms. The number of carbonyl (C=O) groups is 2. The van der Waals surface area contributed by atoms with E-state index in [-0.39, 0.29) is 17.5 Å². The third-order valence-electron chi connectivity index (χ3n) is 4.86. The van der Waals surface area contributed by atoms with Crippen LogP contribution in [0.5, 0.6) is 5.75 Å². The highest BCUT2D eigenvalue weighted by atomic mass is 19.1. The van der Waals surface area contributed by atoms with Crippen molar-refractivity contribution in [2.45, 2.75) is 26.2 Å². The van der Waals surface area contributed by atoms with Crippen molar-refractivity contribution < 1.29 is 18.7 Å². The number of hydrogen-bond acceptors (Lipinski definition) is 4. The van der Waals surface area contributed by atoms with Gasteiger partial charge in [-0.05, 0) is 42.5 Å². The minimum absolute atomic E-state index is 0.179. The van der Waals surface area contributed by atoms with E-state index in [2.05, 4.69) is 10.4 Å². The second-order valence-corrected chi connectivity index (χ2v) is 8.49. The molecule has 0 saturated heterocycles. The summed E-state index contributed by atoms with van der Waals surface area (Å²) in [6.45, 7) is 5.90. The third kappa shape index (κ3) is 5.32. The first-order chi connectivity index (χ1) is 15.1. The largest absolute Gasteiger partial charge is 0.497 e. The van der Waals surface area contributed by atoms with E-state index in [1.165, 1.54) is 30.1 Å². The Kier molecular flexibility index (Phi) is 6.62. The molecule has 2 amide bonds. The minimum Gasteiger partial charge on any atom is -0.497 e. The summed E-state index contributed by atoms with van der Waals surface area (Å²) in [6.07, 6.45) is 0. The van der Waals surface area contributed by atoms with Crippen molar-refractivity contribution >= 4 is 17.6 Å². The Morgan fingerprint density at radius 2 is 1.81 bits per heavy atom. The van der Waals surface area contributed by atoms with Gasteiger partial charge in [0.2, 0.25) is 5.91 Å². The van der Waals surface area contributed by atoms with Crippen LogP contribution < -0.4 is 10.1 Å². The third-order valence-corrected chi connectivity index (χ3v) is 4.86. The van der Waals surface area contributed by atoms with Gasteiger partial charge in [-0.25, -0.2) is 9.07 Å². The number of halogens is 1. The summed E-state index contributed by atoms with van der Waals surface area (Å²) in [7, 11) is 3.09. The molecule has 1 aromatic heterocycles. The zero-order valence-corrected chi connectivity index (χ0v) is 18.8. The molecule has 32 heavy (non-hydrogen) atoms. The van der Waals surface area contributed by atoms with Crippen LogP contribution in [-0.4, -0.2) is 47.2 Å². The Morgan fingerprint density at radius 3 is 2.41 bits per heavy atom. The highest BCUT2D eigenvalue weighted by molar-refractivity contribution is 5.99. The van der Waals surface area contributed by atoms with E-state index < -0.39 is 17.6 Å². The number of rotatable bonds is 6. The average Bonchev–Trinajstić information content (AvgIpc) is 3.17. The van der Waals surface area contributed by atoms with Crippen LogP contribution in [-0.2, 0) is 10.2 Å². The predicted molar refractivity (Wildman–Crippen MR) is 121 cm³/mol. The molecule has 1 heterocycles. The van der Waals surface area contributed by atoms with Crippen LogP contribution in [0.1, 0.15) is 36.8 Å². The Bertz CT molecular complexity index is 1120. The van der Waals surface area contributed by atoms with Crippen LogP contribution in [0.2, 0.25) is 0 Å². The van der Waals surface area contributed by atoms with Crippen LogP contribution in [0, 0.1) is 5.82 Å². The van der Waals surface area contributed by atoms with Gasteiger partial charge >= 0.3 is 0 Å². The lowest BCUT2D eigenvalue weighted by molar-refractivity contribution is -0.116. The molecule has 8 heteroatoms. The lowest BCUT2D eigenvalue weighted by Crippen LogP contribution is -2.35. The SMILES string of the molecule is COc1ccc(-n2nc(C(C)(C)C)cc2NC(=O)CN(C)C(=O)c2cccc(F)c2)cc1. The summed E-state index contributed by atoms with van der Waals surface area (Å²) in [4.78, 5) is 26.5. The zero-order chi connectivity index (χ0) is 23.5. The molecule has 0 fully saturated rings. The zero-order valence-electron chi connectivity index (χ0n) is 18.8. The Morgan fingerprint density at radius 1 is 1.12 bits per heavy atom. The Labute approximate surface area is 186 Å². The van der Waals surface area contributed by atoms with E-state index in [1.807, 2.05) is 51.1 Å². The fourth-order valence-corrected chi connectivity index (χ4v) is 3.07. The number of nitrogens with zero attached hydrogens (tertiary/aromatic N) is 3. The fraction of sp³-hybridized carbons (Fsp3) is 0.292. The maximum absolute atomic E-state index is 13.4. The normalized spacial score (nSPS) is 11.2. The van der Waals surface area contributed by atoms with Gasteiger partial charge in [-0.2, -0.15) is 5.10 Å². The van der Waals surface area contributed by atoms with Gasteiger partial charge in [-0.3, -0.25) is 9.59 Å². The van der Waals surface area contributed by atoms with E-state index >= 15 is 0 Å². The molecular formula is C24H27FN4O3. The maximum Gasteiger partial charge on any atom is 0.254 e. The second-order valence-electron chi connectivity index (χ2n) is 8.49. The Balaban J connectivity index is 1.81. The number of ether oxygens (including phenoxy) is 1. The first-order valence-corrected chi connectivity index (χ1v) is 10.1. The van der Waals surface area contributed by atoms with Gasteiger partial charge in [0.25, 0.3) is 5.91 Å². The minimum atomic E-state index is -0.508. The molecule has 0 saturated carbocycles. The number of nitrogens with one attached hydrogen (secondary N) is 1. The lowest BCUT2D eigenvalue weighted by atomic mass is 9.92. The van der Waals surface area contributed by atoms with Crippen molar-refractivity contribution in [1.29, 1.82) is 0 Å². The first kappa shape index (κ1) is 23.0. The fourth-order valence-electron chi connectivity index (χ4n) is 3.07. The molecule has 1 N–H and O–H groups in total. The van der Waals surface area contributed by atoms with Crippen molar-refractivity contribution in [2.24, 2.45) is 0 Å². The van der Waals surface area contributed by atoms with Crippen LogP contribution in [0.3, 0.4) is 0 Å². The highest BCUT2D eigenvalue weighted by Gasteiger charge is 2.22. The number of benzene rings is 2. The topological polar surface area (TPSA) is 76.5 Å². The highest BCUT2D eigenvalue weighted by Crippen LogP contribution is 2.27. The molecule has 2 aromatic carbocycles. The van der Waals surface area contributed by atoms with Crippen LogP contribution in [0.15, 0.2) is 54.6 Å². The van der Waals surface area contributed by atoms with Crippen LogP contribution in [0.25, 0.3) is 5.69 Å². The van der Waals surface area contributed by atoms with Gasteiger partial charge in [0.05, 0.1) is 25.0 Å². The van der Waals surface area contributed by atoms with Crippen LogP contribution >= 0.6 is 0 Å². The summed E-state index contributed by atoms with van der Waals surface area (Å²) in [5, 5.41) is 7.51. The molecule has 0 bridgehead atoms. The molecule has 3 aromatic rings.